The number of likely N-dealkylation sites (N-methyl/N-ethyl adjacent to an activating group) is 2. The number of nitrogens with zero attached hydrogens (tertiary/aromatic N) is 2. The molecule has 1 aromatic heterocycles. The molecular weight excluding hydrogens is 258 g/mol. The first-order chi connectivity index (χ1) is 8.70. The van der Waals surface area contributed by atoms with Gasteiger partial charge in [0.05, 0.1) is 5.52 Å². The van der Waals surface area contributed by atoms with E-state index >= 15 is 0 Å². The molecule has 2 rings (SSSR count). The zero-order valence-corrected chi connectivity index (χ0v) is 12.6. The molecule has 0 bridgehead atoms. The lowest BCUT2D eigenvalue weighted by Gasteiger charge is -2.18. The number of nitrogens with one attached hydrogen (secondary N) is 1. The SMILES string of the molecule is CNCCN(C)Cc1cc(C)nc2ccccc12.Cl. The molecule has 4 heteroatoms. The third-order valence-corrected chi connectivity index (χ3v) is 3.11. The molecule has 1 aromatic carbocycles. The van der Waals surface area contributed by atoms with Gasteiger partial charge in [0.1, 0.15) is 0 Å². The van der Waals surface area contributed by atoms with E-state index in [1.165, 1.54) is 10.9 Å². The Morgan fingerprint density at radius 3 is 2.74 bits per heavy atom. The zero-order chi connectivity index (χ0) is 13.0. The average Bonchev–Trinajstić information content (AvgIpc) is 2.36. The van der Waals surface area contributed by atoms with Crippen molar-refractivity contribution in [1.29, 1.82) is 0 Å². The van der Waals surface area contributed by atoms with Crippen molar-refractivity contribution in [2.45, 2.75) is 13.5 Å². The van der Waals surface area contributed by atoms with Crippen LogP contribution in [0, 0.1) is 6.92 Å². The van der Waals surface area contributed by atoms with Gasteiger partial charge in [-0.05, 0) is 38.7 Å². The van der Waals surface area contributed by atoms with Crippen molar-refractivity contribution in [1.82, 2.24) is 15.2 Å². The minimum Gasteiger partial charge on any atom is -0.318 e. The molecule has 3 nitrogen and oxygen atoms in total. The molecule has 0 fully saturated rings. The monoisotopic (exact) mass is 279 g/mol. The molecular formula is C15H22ClN3. The molecule has 0 aliphatic heterocycles. The Hall–Kier alpha value is -1.16. The van der Waals surface area contributed by atoms with E-state index in [4.69, 9.17) is 0 Å². The summed E-state index contributed by atoms with van der Waals surface area (Å²) in [6, 6.07) is 10.6. The highest BCUT2D eigenvalue weighted by Crippen LogP contribution is 2.19. The molecule has 0 atom stereocenters. The second kappa shape index (κ2) is 7.43. The van der Waals surface area contributed by atoms with Crippen LogP contribution in [0.4, 0.5) is 0 Å². The second-order valence-electron chi connectivity index (χ2n) is 4.78. The van der Waals surface area contributed by atoms with Crippen molar-refractivity contribution in [3.05, 3.63) is 41.6 Å². The molecule has 0 spiro atoms. The van der Waals surface area contributed by atoms with Gasteiger partial charge in [-0.1, -0.05) is 18.2 Å². The minimum absolute atomic E-state index is 0. The second-order valence-corrected chi connectivity index (χ2v) is 4.78. The Labute approximate surface area is 121 Å². The Balaban J connectivity index is 0.00000180. The van der Waals surface area contributed by atoms with Gasteiger partial charge in [0.2, 0.25) is 0 Å². The largest absolute Gasteiger partial charge is 0.318 e. The van der Waals surface area contributed by atoms with Gasteiger partial charge in [0.15, 0.2) is 0 Å². The number of hydrogen-bond donors (Lipinski definition) is 1. The fraction of sp³-hybridized carbons (Fsp3) is 0.400. The van der Waals surface area contributed by atoms with Crippen molar-refractivity contribution in [3.63, 3.8) is 0 Å². The number of aromatic nitrogens is 1. The fourth-order valence-electron chi connectivity index (χ4n) is 2.20. The van der Waals surface area contributed by atoms with E-state index in [0.717, 1.165) is 30.8 Å². The van der Waals surface area contributed by atoms with Crippen molar-refractivity contribution in [2.75, 3.05) is 27.2 Å². The van der Waals surface area contributed by atoms with E-state index in [-0.39, 0.29) is 12.4 Å². The Morgan fingerprint density at radius 2 is 2.00 bits per heavy atom. The molecule has 0 saturated carbocycles. The molecule has 0 aliphatic carbocycles. The quantitative estimate of drug-likeness (QED) is 0.912. The van der Waals surface area contributed by atoms with Crippen LogP contribution in [0.3, 0.4) is 0 Å². The number of fused-ring (bicyclic) bond motifs is 1. The molecule has 0 unspecified atom stereocenters. The number of rotatable bonds is 5. The molecule has 0 radical (unpaired) electrons. The van der Waals surface area contributed by atoms with Crippen molar-refractivity contribution < 1.29 is 0 Å². The summed E-state index contributed by atoms with van der Waals surface area (Å²) in [6.07, 6.45) is 0. The van der Waals surface area contributed by atoms with Crippen LogP contribution in [0.5, 0.6) is 0 Å². The van der Waals surface area contributed by atoms with Crippen LogP contribution in [0.15, 0.2) is 30.3 Å². The lowest BCUT2D eigenvalue weighted by Crippen LogP contribution is -2.27. The lowest BCUT2D eigenvalue weighted by atomic mass is 10.1. The van der Waals surface area contributed by atoms with E-state index in [9.17, 15) is 0 Å². The standard InChI is InChI=1S/C15H21N3.ClH/c1-12-10-13(11-18(3)9-8-16-2)14-6-4-5-7-15(14)17-12;/h4-7,10,16H,8-9,11H2,1-3H3;1H. The van der Waals surface area contributed by atoms with Gasteiger partial charge in [-0.15, -0.1) is 12.4 Å². The number of pyridine rings is 1. The van der Waals surface area contributed by atoms with E-state index in [1.807, 2.05) is 13.1 Å². The van der Waals surface area contributed by atoms with E-state index in [1.54, 1.807) is 0 Å². The molecule has 2 aromatic rings. The van der Waals surface area contributed by atoms with Gasteiger partial charge >= 0.3 is 0 Å². The third kappa shape index (κ3) is 4.16. The van der Waals surface area contributed by atoms with Crippen LogP contribution in [-0.4, -0.2) is 37.1 Å². The zero-order valence-electron chi connectivity index (χ0n) is 11.8. The molecule has 0 saturated heterocycles. The number of para-hydroxylation sites is 1. The maximum absolute atomic E-state index is 4.57. The van der Waals surface area contributed by atoms with Crippen molar-refractivity contribution in [3.8, 4) is 0 Å². The van der Waals surface area contributed by atoms with Crippen LogP contribution in [0.25, 0.3) is 10.9 Å². The molecule has 1 N–H and O–H groups in total. The van der Waals surface area contributed by atoms with Crippen LogP contribution in [0.2, 0.25) is 0 Å². The van der Waals surface area contributed by atoms with Crippen LogP contribution in [-0.2, 0) is 6.54 Å². The molecule has 19 heavy (non-hydrogen) atoms. The molecule has 104 valence electrons. The first kappa shape index (κ1) is 15.9. The van der Waals surface area contributed by atoms with Crippen LogP contribution in [0.1, 0.15) is 11.3 Å². The number of hydrogen-bond acceptors (Lipinski definition) is 3. The Kier molecular flexibility index (Phi) is 6.22. The summed E-state index contributed by atoms with van der Waals surface area (Å²) in [6.45, 7) is 5.08. The normalized spacial score (nSPS) is 10.7. The van der Waals surface area contributed by atoms with E-state index in [2.05, 4.69) is 53.4 Å². The highest BCUT2D eigenvalue weighted by molar-refractivity contribution is 5.85. The highest BCUT2D eigenvalue weighted by Gasteiger charge is 2.06. The van der Waals surface area contributed by atoms with Crippen molar-refractivity contribution in [2.24, 2.45) is 0 Å². The third-order valence-electron chi connectivity index (χ3n) is 3.11. The summed E-state index contributed by atoms with van der Waals surface area (Å²) < 4.78 is 0. The number of halogens is 1. The smallest absolute Gasteiger partial charge is 0.0708 e. The average molecular weight is 280 g/mol. The van der Waals surface area contributed by atoms with Gasteiger partial charge in [-0.2, -0.15) is 0 Å². The van der Waals surface area contributed by atoms with E-state index < -0.39 is 0 Å². The summed E-state index contributed by atoms with van der Waals surface area (Å²) >= 11 is 0. The van der Waals surface area contributed by atoms with Crippen molar-refractivity contribution >= 4 is 23.3 Å². The highest BCUT2D eigenvalue weighted by atomic mass is 35.5. The topological polar surface area (TPSA) is 28.2 Å². The summed E-state index contributed by atoms with van der Waals surface area (Å²) in [5.41, 5.74) is 3.54. The van der Waals surface area contributed by atoms with E-state index in [0.29, 0.717) is 0 Å². The van der Waals surface area contributed by atoms with Crippen LogP contribution >= 0.6 is 12.4 Å². The first-order valence-electron chi connectivity index (χ1n) is 6.39. The summed E-state index contributed by atoms with van der Waals surface area (Å²) in [5.74, 6) is 0. The molecule has 1 heterocycles. The maximum atomic E-state index is 4.57. The fourth-order valence-corrected chi connectivity index (χ4v) is 2.20. The summed E-state index contributed by atoms with van der Waals surface area (Å²) in [4.78, 5) is 6.91. The van der Waals surface area contributed by atoms with Gasteiger partial charge in [-0.25, -0.2) is 0 Å². The lowest BCUT2D eigenvalue weighted by molar-refractivity contribution is 0.329. The van der Waals surface area contributed by atoms with Gasteiger partial charge in [-0.3, -0.25) is 4.98 Å². The minimum atomic E-state index is 0. The van der Waals surface area contributed by atoms with Gasteiger partial charge < -0.3 is 10.2 Å². The first-order valence-corrected chi connectivity index (χ1v) is 6.39. The molecule has 0 aliphatic rings. The Bertz CT molecular complexity index is 528. The number of aryl methyl sites for hydroxylation is 1. The molecule has 0 amide bonds. The Morgan fingerprint density at radius 1 is 1.26 bits per heavy atom. The predicted octanol–water partition coefficient (Wildman–Crippen LogP) is 2.62. The van der Waals surface area contributed by atoms with Gasteiger partial charge in [0.25, 0.3) is 0 Å². The number of benzene rings is 1. The van der Waals surface area contributed by atoms with Gasteiger partial charge in [0, 0.05) is 30.7 Å². The predicted molar refractivity (Wildman–Crippen MR) is 84.0 cm³/mol. The summed E-state index contributed by atoms with van der Waals surface area (Å²) in [7, 11) is 4.14. The maximum Gasteiger partial charge on any atom is 0.0708 e. The van der Waals surface area contributed by atoms with Crippen LogP contribution < -0.4 is 5.32 Å². The summed E-state index contributed by atoms with van der Waals surface area (Å²) in [5, 5.41) is 4.44.